The maximum absolute atomic E-state index is 12.6. The number of aromatic nitrogens is 4. The molecule has 1 saturated heterocycles. The third kappa shape index (κ3) is 7.19. The lowest BCUT2D eigenvalue weighted by molar-refractivity contribution is -0.139. The highest BCUT2D eigenvalue weighted by Gasteiger charge is 2.38. The molecule has 206 valence electrons. The van der Waals surface area contributed by atoms with Crippen LogP contribution in [0.2, 0.25) is 5.02 Å². The number of rotatable bonds is 4. The molecular weight excluding hydrogens is 550 g/mol. The maximum Gasteiger partial charge on any atom is 0.423 e. The highest BCUT2D eigenvalue weighted by Crippen LogP contribution is 2.30. The highest BCUT2D eigenvalue weighted by atomic mass is 35.5. The van der Waals surface area contributed by atoms with Gasteiger partial charge in [0.15, 0.2) is 0 Å². The van der Waals surface area contributed by atoms with Crippen LogP contribution < -0.4 is 22.5 Å². The summed E-state index contributed by atoms with van der Waals surface area (Å²) in [6.07, 6.45) is -4.85. The molecule has 4 atom stereocenters. The zero-order valence-corrected chi connectivity index (χ0v) is 20.5. The summed E-state index contributed by atoms with van der Waals surface area (Å²) in [4.78, 5) is 51.1. The SMILES string of the molecule is Cl.N=C1CCCC1Cc1[nH]c(=O)[nH]c(=O)c1Cl.O=c1[nH]c(=O)n(C2CC(O)C(CO)O2)cc1C(F)(F)F. The fraction of sp³-hybridized carbons (Fsp3) is 0.550. The van der Waals surface area contributed by atoms with Crippen LogP contribution >= 0.6 is 24.0 Å². The van der Waals surface area contributed by atoms with Crippen LogP contribution in [0.3, 0.4) is 0 Å². The first-order chi connectivity index (χ1) is 16.8. The number of aromatic amines is 3. The monoisotopic (exact) mass is 573 g/mol. The number of halogens is 5. The zero-order valence-electron chi connectivity index (χ0n) is 18.9. The predicted molar refractivity (Wildman–Crippen MR) is 127 cm³/mol. The minimum absolute atomic E-state index is 0. The Labute approximate surface area is 216 Å². The molecule has 0 aromatic carbocycles. The van der Waals surface area contributed by atoms with Crippen molar-refractivity contribution in [3.05, 3.63) is 64.2 Å². The van der Waals surface area contributed by atoms with E-state index in [9.17, 15) is 37.5 Å². The van der Waals surface area contributed by atoms with E-state index in [1.165, 1.54) is 0 Å². The van der Waals surface area contributed by atoms with E-state index in [1.54, 1.807) is 4.98 Å². The number of nitrogens with one attached hydrogen (secondary N) is 4. The van der Waals surface area contributed by atoms with Gasteiger partial charge in [-0.05, 0) is 25.7 Å². The van der Waals surface area contributed by atoms with E-state index in [1.807, 2.05) is 0 Å². The van der Waals surface area contributed by atoms with Crippen molar-refractivity contribution in [1.82, 2.24) is 19.5 Å². The Morgan fingerprint density at radius 3 is 2.38 bits per heavy atom. The van der Waals surface area contributed by atoms with Gasteiger partial charge in [0, 0.05) is 29.9 Å². The summed E-state index contributed by atoms with van der Waals surface area (Å²) in [7, 11) is 0. The zero-order chi connectivity index (χ0) is 26.8. The lowest BCUT2D eigenvalue weighted by Crippen LogP contribution is -2.36. The summed E-state index contributed by atoms with van der Waals surface area (Å²) in [5.74, 6) is 0.106. The normalized spacial score (nSPS) is 23.4. The number of aliphatic hydroxyl groups is 2. The molecule has 1 aliphatic carbocycles. The van der Waals surface area contributed by atoms with E-state index in [4.69, 9.17) is 26.9 Å². The molecule has 17 heteroatoms. The molecule has 6 N–H and O–H groups in total. The summed E-state index contributed by atoms with van der Waals surface area (Å²) in [6, 6.07) is 0. The van der Waals surface area contributed by atoms with Crippen molar-refractivity contribution in [2.24, 2.45) is 5.92 Å². The topological polar surface area (TPSA) is 194 Å². The minimum Gasteiger partial charge on any atom is -0.394 e. The van der Waals surface area contributed by atoms with Gasteiger partial charge in [0.1, 0.15) is 22.9 Å². The molecule has 12 nitrogen and oxygen atoms in total. The summed E-state index contributed by atoms with van der Waals surface area (Å²) < 4.78 is 43.4. The van der Waals surface area contributed by atoms with Crippen molar-refractivity contribution in [2.45, 2.75) is 56.7 Å². The first-order valence-corrected chi connectivity index (χ1v) is 11.1. The van der Waals surface area contributed by atoms with Crippen LogP contribution in [0, 0.1) is 11.3 Å². The Bertz CT molecular complexity index is 1350. The molecule has 4 unspecified atom stereocenters. The van der Waals surface area contributed by atoms with Crippen LogP contribution in [0.15, 0.2) is 25.4 Å². The standard InChI is InChI=1S/C10H12ClN3O2.C10H11F3N2O5.ClH/c11-8-7(13-10(16)14-9(8)15)4-5-2-1-3-6(5)12;11-10(12,13)4-2-15(9(19)14-8(4)18)7-1-5(17)6(3-16)20-7;/h5,12H,1-4H2,(H2,13,14,15,16);2,5-7,16-17H,1,3H2,(H,14,18,19);1H. The highest BCUT2D eigenvalue weighted by molar-refractivity contribution is 6.31. The molecule has 37 heavy (non-hydrogen) atoms. The molecule has 2 aromatic rings. The molecule has 0 amide bonds. The number of hydrogen-bond donors (Lipinski definition) is 6. The molecule has 2 aromatic heterocycles. The van der Waals surface area contributed by atoms with Gasteiger partial charge in [-0.15, -0.1) is 12.4 Å². The molecule has 0 bridgehead atoms. The number of nitrogens with zero attached hydrogens (tertiary/aromatic N) is 1. The minimum atomic E-state index is -4.92. The first kappa shape index (κ1) is 30.5. The molecule has 2 aliphatic rings. The van der Waals surface area contributed by atoms with Gasteiger partial charge in [-0.1, -0.05) is 11.6 Å². The first-order valence-electron chi connectivity index (χ1n) is 10.8. The van der Waals surface area contributed by atoms with E-state index in [0.29, 0.717) is 28.6 Å². The molecule has 1 saturated carbocycles. The molecule has 3 heterocycles. The van der Waals surface area contributed by atoms with E-state index in [0.717, 1.165) is 19.3 Å². The van der Waals surface area contributed by atoms with Crippen molar-refractivity contribution >= 4 is 29.7 Å². The fourth-order valence-electron chi connectivity index (χ4n) is 4.00. The molecule has 4 rings (SSSR count). The Balaban J connectivity index is 0.000000259. The van der Waals surface area contributed by atoms with Gasteiger partial charge >= 0.3 is 17.6 Å². The third-order valence-corrected chi connectivity index (χ3v) is 6.27. The van der Waals surface area contributed by atoms with Crippen LogP contribution in [0.5, 0.6) is 0 Å². The lowest BCUT2D eigenvalue weighted by atomic mass is 10.0. The van der Waals surface area contributed by atoms with E-state index < -0.39 is 59.3 Å². The summed E-state index contributed by atoms with van der Waals surface area (Å²) in [5, 5.41) is 26.1. The van der Waals surface area contributed by atoms with Gasteiger partial charge in [-0.25, -0.2) is 9.59 Å². The van der Waals surface area contributed by atoms with E-state index in [2.05, 4.69) is 9.97 Å². The van der Waals surface area contributed by atoms with Crippen LogP contribution in [-0.2, 0) is 17.3 Å². The van der Waals surface area contributed by atoms with Gasteiger partial charge in [-0.3, -0.25) is 24.1 Å². The Morgan fingerprint density at radius 2 is 1.84 bits per heavy atom. The Kier molecular flexibility index (Phi) is 10.1. The van der Waals surface area contributed by atoms with Crippen molar-refractivity contribution in [1.29, 1.82) is 5.41 Å². The molecular formula is C20H24Cl2F3N5O7. The quantitative estimate of drug-likeness (QED) is 0.309. The maximum atomic E-state index is 12.6. The average Bonchev–Trinajstić information content (AvgIpc) is 3.36. The lowest BCUT2D eigenvalue weighted by Gasteiger charge is -2.16. The fourth-order valence-corrected chi connectivity index (χ4v) is 4.17. The van der Waals surface area contributed by atoms with Crippen LogP contribution in [0.4, 0.5) is 13.2 Å². The van der Waals surface area contributed by atoms with Crippen LogP contribution in [0.1, 0.15) is 43.2 Å². The number of alkyl halides is 3. The Hall–Kier alpha value is -2.72. The number of ether oxygens (including phenoxy) is 1. The van der Waals surface area contributed by atoms with Gasteiger partial charge < -0.3 is 25.3 Å². The summed E-state index contributed by atoms with van der Waals surface area (Å²) >= 11 is 5.81. The van der Waals surface area contributed by atoms with Gasteiger partial charge in [-0.2, -0.15) is 13.2 Å². The average molecular weight is 574 g/mol. The number of aliphatic hydroxyl groups excluding tert-OH is 2. The second kappa shape index (κ2) is 12.2. The van der Waals surface area contributed by atoms with Crippen LogP contribution in [0.25, 0.3) is 0 Å². The van der Waals surface area contributed by atoms with Crippen molar-refractivity contribution in [3.8, 4) is 0 Å². The predicted octanol–water partition coefficient (Wildman–Crippen LogP) is 0.697. The second-order valence-electron chi connectivity index (χ2n) is 8.34. The largest absolute Gasteiger partial charge is 0.423 e. The Morgan fingerprint density at radius 1 is 1.16 bits per heavy atom. The van der Waals surface area contributed by atoms with Gasteiger partial charge in [0.05, 0.1) is 12.7 Å². The molecule has 0 radical (unpaired) electrons. The van der Waals surface area contributed by atoms with Crippen molar-refractivity contribution in [3.63, 3.8) is 0 Å². The van der Waals surface area contributed by atoms with Crippen LogP contribution in [-0.4, -0.2) is 54.3 Å². The third-order valence-electron chi connectivity index (χ3n) is 5.87. The molecule has 1 aliphatic heterocycles. The smallest absolute Gasteiger partial charge is 0.394 e. The molecule has 2 fully saturated rings. The van der Waals surface area contributed by atoms with Crippen molar-refractivity contribution in [2.75, 3.05) is 6.61 Å². The van der Waals surface area contributed by atoms with Gasteiger partial charge in [0.25, 0.3) is 11.1 Å². The summed E-state index contributed by atoms with van der Waals surface area (Å²) in [6.45, 7) is -0.540. The van der Waals surface area contributed by atoms with E-state index in [-0.39, 0.29) is 29.8 Å². The van der Waals surface area contributed by atoms with E-state index >= 15 is 0 Å². The number of H-pyrrole nitrogens is 3. The van der Waals surface area contributed by atoms with Gasteiger partial charge in [0.2, 0.25) is 0 Å². The summed E-state index contributed by atoms with van der Waals surface area (Å²) in [5.41, 5.74) is -4.17. The molecule has 0 spiro atoms. The second-order valence-corrected chi connectivity index (χ2v) is 8.72. The number of hydrogen-bond acceptors (Lipinski definition) is 8. The van der Waals surface area contributed by atoms with Crippen molar-refractivity contribution < 1.29 is 28.1 Å².